The molecule has 0 saturated carbocycles. The number of hydrogen-bond donors (Lipinski definition) is 0. The van der Waals surface area contributed by atoms with E-state index in [9.17, 15) is 13.2 Å². The fourth-order valence-electron chi connectivity index (χ4n) is 2.78. The molecule has 1 amide bonds. The molecule has 5 heteroatoms. The molecule has 0 aliphatic carbocycles. The summed E-state index contributed by atoms with van der Waals surface area (Å²) >= 11 is 0. The molecule has 23 heavy (non-hydrogen) atoms. The number of carbonyl (C=O) groups is 1. The highest BCUT2D eigenvalue weighted by atomic mass is 32.2. The van der Waals surface area contributed by atoms with Crippen molar-refractivity contribution in [2.75, 3.05) is 13.1 Å². The Morgan fingerprint density at radius 3 is 2.13 bits per heavy atom. The average Bonchev–Trinajstić information content (AvgIpc) is 3.10. The summed E-state index contributed by atoms with van der Waals surface area (Å²) in [6, 6.07) is 15.3. The van der Waals surface area contributed by atoms with Crippen molar-refractivity contribution < 1.29 is 13.2 Å². The van der Waals surface area contributed by atoms with E-state index in [1.807, 2.05) is 4.90 Å². The SMILES string of the molecule is O=C(c1ccc(CS(=O)(=O)c2ccccc2)cc1)N1CCCC1. The fourth-order valence-corrected chi connectivity index (χ4v) is 4.15. The predicted octanol–water partition coefficient (Wildman–Crippen LogP) is 2.90. The zero-order valence-electron chi connectivity index (χ0n) is 12.8. The molecule has 0 N–H and O–H groups in total. The Hall–Kier alpha value is -2.14. The number of amides is 1. The minimum absolute atomic E-state index is 0.0277. The van der Waals surface area contributed by atoms with Crippen LogP contribution >= 0.6 is 0 Å². The van der Waals surface area contributed by atoms with E-state index >= 15 is 0 Å². The third-order valence-corrected chi connectivity index (χ3v) is 5.76. The average molecular weight is 329 g/mol. The molecule has 2 aromatic rings. The summed E-state index contributed by atoms with van der Waals surface area (Å²) in [5.74, 6) is -0.0326. The first kappa shape index (κ1) is 15.7. The molecular weight excluding hydrogens is 310 g/mol. The van der Waals surface area contributed by atoms with Crippen LogP contribution in [0.5, 0.6) is 0 Å². The van der Waals surface area contributed by atoms with E-state index in [2.05, 4.69) is 0 Å². The Labute approximate surface area is 136 Å². The quantitative estimate of drug-likeness (QED) is 0.867. The summed E-state index contributed by atoms with van der Waals surface area (Å²) in [7, 11) is -3.36. The number of carbonyl (C=O) groups excluding carboxylic acids is 1. The van der Waals surface area contributed by atoms with E-state index in [0.29, 0.717) is 16.0 Å². The van der Waals surface area contributed by atoms with Crippen LogP contribution in [0, 0.1) is 0 Å². The number of nitrogens with zero attached hydrogens (tertiary/aromatic N) is 1. The molecule has 0 unspecified atom stereocenters. The molecule has 3 rings (SSSR count). The highest BCUT2D eigenvalue weighted by molar-refractivity contribution is 7.90. The van der Waals surface area contributed by atoms with E-state index in [4.69, 9.17) is 0 Å². The smallest absolute Gasteiger partial charge is 0.253 e. The molecule has 1 heterocycles. The van der Waals surface area contributed by atoms with Crippen molar-refractivity contribution in [1.82, 2.24) is 4.90 Å². The first-order valence-electron chi connectivity index (χ1n) is 7.72. The van der Waals surface area contributed by atoms with Crippen LogP contribution in [0.2, 0.25) is 0 Å². The van der Waals surface area contributed by atoms with Gasteiger partial charge in [-0.15, -0.1) is 0 Å². The first-order valence-corrected chi connectivity index (χ1v) is 9.37. The molecule has 120 valence electrons. The third-order valence-electron chi connectivity index (χ3n) is 4.05. The van der Waals surface area contributed by atoms with E-state index in [1.165, 1.54) is 0 Å². The summed E-state index contributed by atoms with van der Waals surface area (Å²) in [6.45, 7) is 1.62. The van der Waals surface area contributed by atoms with Gasteiger partial charge in [-0.1, -0.05) is 30.3 Å². The highest BCUT2D eigenvalue weighted by Crippen LogP contribution is 2.18. The lowest BCUT2D eigenvalue weighted by molar-refractivity contribution is 0.0793. The second-order valence-corrected chi connectivity index (χ2v) is 7.76. The lowest BCUT2D eigenvalue weighted by Crippen LogP contribution is -2.27. The summed E-state index contributed by atoms with van der Waals surface area (Å²) in [4.78, 5) is 14.4. The standard InChI is InChI=1S/C18H19NO3S/c20-18(19-12-4-5-13-19)16-10-8-15(9-11-16)14-23(21,22)17-6-2-1-3-7-17/h1-3,6-11H,4-5,12-14H2. The highest BCUT2D eigenvalue weighted by Gasteiger charge is 2.20. The second-order valence-electron chi connectivity index (χ2n) is 5.77. The number of rotatable bonds is 4. The van der Waals surface area contributed by atoms with Crippen molar-refractivity contribution in [3.63, 3.8) is 0 Å². The van der Waals surface area contributed by atoms with Crippen LogP contribution in [-0.4, -0.2) is 32.3 Å². The number of benzene rings is 2. The van der Waals surface area contributed by atoms with Crippen LogP contribution in [0.1, 0.15) is 28.8 Å². The molecule has 2 aromatic carbocycles. The first-order chi connectivity index (χ1) is 11.1. The van der Waals surface area contributed by atoms with Gasteiger partial charge in [0.15, 0.2) is 9.84 Å². The van der Waals surface area contributed by atoms with Crippen molar-refractivity contribution >= 4 is 15.7 Å². The van der Waals surface area contributed by atoms with Crippen LogP contribution in [0.25, 0.3) is 0 Å². The van der Waals surface area contributed by atoms with Gasteiger partial charge in [0, 0.05) is 18.7 Å². The van der Waals surface area contributed by atoms with Crippen LogP contribution in [-0.2, 0) is 15.6 Å². The van der Waals surface area contributed by atoms with Gasteiger partial charge in [0.2, 0.25) is 0 Å². The van der Waals surface area contributed by atoms with Crippen LogP contribution < -0.4 is 0 Å². The van der Waals surface area contributed by atoms with Crippen molar-refractivity contribution in [2.45, 2.75) is 23.5 Å². The molecule has 0 radical (unpaired) electrons. The third kappa shape index (κ3) is 3.62. The van der Waals surface area contributed by atoms with Gasteiger partial charge in [0.05, 0.1) is 10.6 Å². The van der Waals surface area contributed by atoms with Gasteiger partial charge in [-0.05, 0) is 42.7 Å². The molecule has 0 bridgehead atoms. The monoisotopic (exact) mass is 329 g/mol. The molecule has 1 fully saturated rings. The van der Waals surface area contributed by atoms with Gasteiger partial charge in [0.25, 0.3) is 5.91 Å². The number of hydrogen-bond acceptors (Lipinski definition) is 3. The summed E-state index contributed by atoms with van der Waals surface area (Å²) in [5, 5.41) is 0. The van der Waals surface area contributed by atoms with E-state index in [-0.39, 0.29) is 11.7 Å². The molecule has 0 atom stereocenters. The van der Waals surface area contributed by atoms with Gasteiger partial charge in [-0.3, -0.25) is 4.79 Å². The summed E-state index contributed by atoms with van der Waals surface area (Å²) in [5.41, 5.74) is 1.31. The number of likely N-dealkylation sites (tertiary alicyclic amines) is 1. The molecule has 0 aromatic heterocycles. The lowest BCUT2D eigenvalue weighted by Gasteiger charge is -2.15. The van der Waals surface area contributed by atoms with Gasteiger partial charge < -0.3 is 4.90 Å². The largest absolute Gasteiger partial charge is 0.339 e. The predicted molar refractivity (Wildman–Crippen MR) is 88.9 cm³/mol. The minimum Gasteiger partial charge on any atom is -0.339 e. The summed E-state index contributed by atoms with van der Waals surface area (Å²) < 4.78 is 24.7. The van der Waals surface area contributed by atoms with E-state index < -0.39 is 9.84 Å². The maximum absolute atomic E-state index is 12.4. The zero-order chi connectivity index (χ0) is 16.3. The maximum atomic E-state index is 12.4. The summed E-state index contributed by atoms with van der Waals surface area (Å²) in [6.07, 6.45) is 2.11. The molecule has 1 aliphatic heterocycles. The second kappa shape index (κ2) is 6.54. The Morgan fingerprint density at radius 1 is 0.913 bits per heavy atom. The van der Waals surface area contributed by atoms with Gasteiger partial charge in [-0.2, -0.15) is 0 Å². The van der Waals surface area contributed by atoms with Crippen molar-refractivity contribution in [3.8, 4) is 0 Å². The van der Waals surface area contributed by atoms with Crippen LogP contribution in [0.4, 0.5) is 0 Å². The fraction of sp³-hybridized carbons (Fsp3) is 0.278. The lowest BCUT2D eigenvalue weighted by atomic mass is 10.1. The van der Waals surface area contributed by atoms with Gasteiger partial charge >= 0.3 is 0 Å². The van der Waals surface area contributed by atoms with Gasteiger partial charge in [-0.25, -0.2) is 8.42 Å². The molecule has 1 aliphatic rings. The van der Waals surface area contributed by atoms with Crippen LogP contribution in [0.3, 0.4) is 0 Å². The maximum Gasteiger partial charge on any atom is 0.253 e. The zero-order valence-corrected chi connectivity index (χ0v) is 13.6. The molecular formula is C18H19NO3S. The van der Waals surface area contributed by atoms with Crippen molar-refractivity contribution in [1.29, 1.82) is 0 Å². The van der Waals surface area contributed by atoms with E-state index in [1.54, 1.807) is 54.6 Å². The molecule has 4 nitrogen and oxygen atoms in total. The van der Waals surface area contributed by atoms with Gasteiger partial charge in [0.1, 0.15) is 0 Å². The molecule has 0 spiro atoms. The Bertz CT molecular complexity index is 777. The normalized spacial score (nSPS) is 14.9. The number of sulfone groups is 1. The van der Waals surface area contributed by atoms with Crippen LogP contribution in [0.15, 0.2) is 59.5 Å². The van der Waals surface area contributed by atoms with Crippen molar-refractivity contribution in [3.05, 3.63) is 65.7 Å². The Balaban J connectivity index is 1.74. The topological polar surface area (TPSA) is 54.5 Å². The Morgan fingerprint density at radius 2 is 1.52 bits per heavy atom. The minimum atomic E-state index is -3.36. The van der Waals surface area contributed by atoms with E-state index in [0.717, 1.165) is 25.9 Å². The Kier molecular flexibility index (Phi) is 4.48. The molecule has 1 saturated heterocycles. The van der Waals surface area contributed by atoms with Crippen molar-refractivity contribution in [2.24, 2.45) is 0 Å².